The van der Waals surface area contributed by atoms with Gasteiger partial charge in [-0.2, -0.15) is 0 Å². The van der Waals surface area contributed by atoms with E-state index in [1.165, 1.54) is 0 Å². The molecule has 0 aliphatic heterocycles. The standard InChI is InChI=1S/C29H32N2O5/c1-20(2)30-29(33)25(31-28(32)23-13-9-21(3)10-14-23)19-22-11-15-24(16-12-22)35-17-18-36-27-8-6-5-7-26(27)34-4/h5-16,19-20H,17-18H2,1-4H3,(H,30,33)(H,31,32)/b25-19+. The van der Waals surface area contributed by atoms with Gasteiger partial charge >= 0.3 is 0 Å². The SMILES string of the molecule is COc1ccccc1OCCOc1ccc(/C=C(/NC(=O)c2ccc(C)cc2)C(=O)NC(C)C)cc1. The van der Waals surface area contributed by atoms with E-state index < -0.39 is 0 Å². The second-order valence-corrected chi connectivity index (χ2v) is 8.42. The van der Waals surface area contributed by atoms with Gasteiger partial charge in [0.15, 0.2) is 11.5 Å². The average Bonchev–Trinajstić information content (AvgIpc) is 2.87. The highest BCUT2D eigenvalue weighted by atomic mass is 16.5. The molecule has 188 valence electrons. The minimum absolute atomic E-state index is 0.0778. The quantitative estimate of drug-likeness (QED) is 0.300. The second-order valence-electron chi connectivity index (χ2n) is 8.42. The summed E-state index contributed by atoms with van der Waals surface area (Å²) in [7, 11) is 1.60. The van der Waals surface area contributed by atoms with Gasteiger partial charge in [-0.25, -0.2) is 0 Å². The number of nitrogens with one attached hydrogen (secondary N) is 2. The first-order valence-corrected chi connectivity index (χ1v) is 11.7. The van der Waals surface area contributed by atoms with E-state index in [-0.39, 0.29) is 23.6 Å². The van der Waals surface area contributed by atoms with E-state index >= 15 is 0 Å². The summed E-state index contributed by atoms with van der Waals surface area (Å²) in [5.41, 5.74) is 2.43. The minimum atomic E-state index is -0.362. The van der Waals surface area contributed by atoms with Crippen molar-refractivity contribution in [2.45, 2.75) is 26.8 Å². The maximum absolute atomic E-state index is 12.7. The molecule has 0 fully saturated rings. The third-order valence-electron chi connectivity index (χ3n) is 5.10. The lowest BCUT2D eigenvalue weighted by molar-refractivity contribution is -0.118. The predicted octanol–water partition coefficient (Wildman–Crippen LogP) is 4.76. The number of hydrogen-bond acceptors (Lipinski definition) is 5. The van der Waals surface area contributed by atoms with Gasteiger partial charge in [0, 0.05) is 11.6 Å². The van der Waals surface area contributed by atoms with Crippen LogP contribution in [0.3, 0.4) is 0 Å². The van der Waals surface area contributed by atoms with E-state index in [0.717, 1.165) is 11.1 Å². The van der Waals surface area contributed by atoms with Gasteiger partial charge in [0.05, 0.1) is 7.11 Å². The highest BCUT2D eigenvalue weighted by Gasteiger charge is 2.15. The number of carbonyl (C=O) groups excluding carboxylic acids is 2. The van der Waals surface area contributed by atoms with Crippen molar-refractivity contribution in [2.75, 3.05) is 20.3 Å². The first kappa shape index (κ1) is 26.3. The minimum Gasteiger partial charge on any atom is -0.493 e. The van der Waals surface area contributed by atoms with E-state index in [0.29, 0.717) is 36.0 Å². The smallest absolute Gasteiger partial charge is 0.268 e. The summed E-state index contributed by atoms with van der Waals surface area (Å²) in [5.74, 6) is 1.27. The van der Waals surface area contributed by atoms with E-state index in [4.69, 9.17) is 14.2 Å². The number of methoxy groups -OCH3 is 1. The van der Waals surface area contributed by atoms with Crippen LogP contribution in [0.5, 0.6) is 17.2 Å². The summed E-state index contributed by atoms with van der Waals surface area (Å²) in [6.45, 7) is 6.38. The molecular formula is C29H32N2O5. The lowest BCUT2D eigenvalue weighted by atomic mass is 10.1. The zero-order chi connectivity index (χ0) is 25.9. The highest BCUT2D eigenvalue weighted by molar-refractivity contribution is 6.05. The Morgan fingerprint density at radius 3 is 2.14 bits per heavy atom. The molecule has 7 nitrogen and oxygen atoms in total. The number of carbonyl (C=O) groups is 2. The molecule has 0 unspecified atom stereocenters. The van der Waals surface area contributed by atoms with Gasteiger partial charge in [0.2, 0.25) is 0 Å². The Hall–Kier alpha value is -4.26. The first-order valence-electron chi connectivity index (χ1n) is 11.7. The van der Waals surface area contributed by atoms with Crippen molar-refractivity contribution < 1.29 is 23.8 Å². The molecule has 0 aromatic heterocycles. The Morgan fingerprint density at radius 2 is 1.50 bits per heavy atom. The van der Waals surface area contributed by atoms with Crippen LogP contribution in [0.15, 0.2) is 78.5 Å². The average molecular weight is 489 g/mol. The molecular weight excluding hydrogens is 456 g/mol. The van der Waals surface area contributed by atoms with Crippen LogP contribution in [-0.4, -0.2) is 38.2 Å². The molecule has 0 heterocycles. The Morgan fingerprint density at radius 1 is 0.861 bits per heavy atom. The molecule has 7 heteroatoms. The van der Waals surface area contributed by atoms with E-state index in [1.54, 1.807) is 37.5 Å². The van der Waals surface area contributed by atoms with E-state index in [1.807, 2.05) is 69.3 Å². The molecule has 0 aliphatic rings. The fourth-order valence-electron chi connectivity index (χ4n) is 3.27. The number of para-hydroxylation sites is 2. The van der Waals surface area contributed by atoms with Crippen molar-refractivity contribution in [3.8, 4) is 17.2 Å². The summed E-state index contributed by atoms with van der Waals surface area (Å²) in [4.78, 5) is 25.5. The first-order chi connectivity index (χ1) is 17.4. The molecule has 2 N–H and O–H groups in total. The van der Waals surface area contributed by atoms with Crippen LogP contribution >= 0.6 is 0 Å². The number of benzene rings is 3. The summed E-state index contributed by atoms with van der Waals surface area (Å²) in [5, 5.41) is 5.57. The van der Waals surface area contributed by atoms with Crippen LogP contribution < -0.4 is 24.8 Å². The van der Waals surface area contributed by atoms with Crippen molar-refractivity contribution >= 4 is 17.9 Å². The largest absolute Gasteiger partial charge is 0.493 e. The van der Waals surface area contributed by atoms with E-state index in [2.05, 4.69) is 10.6 Å². The summed E-state index contributed by atoms with van der Waals surface area (Å²) >= 11 is 0. The Balaban J connectivity index is 1.63. The van der Waals surface area contributed by atoms with E-state index in [9.17, 15) is 9.59 Å². The van der Waals surface area contributed by atoms with Gasteiger partial charge in [-0.15, -0.1) is 0 Å². The van der Waals surface area contributed by atoms with Crippen LogP contribution in [0.25, 0.3) is 6.08 Å². The lowest BCUT2D eigenvalue weighted by Crippen LogP contribution is -2.38. The molecule has 3 aromatic rings. The van der Waals surface area contributed by atoms with Crippen LogP contribution in [0, 0.1) is 6.92 Å². The van der Waals surface area contributed by atoms with Crippen molar-refractivity contribution in [1.82, 2.24) is 10.6 Å². The zero-order valence-corrected chi connectivity index (χ0v) is 21.0. The van der Waals surface area contributed by atoms with Crippen molar-refractivity contribution in [3.05, 3.63) is 95.2 Å². The Bertz CT molecular complexity index is 1190. The van der Waals surface area contributed by atoms with Crippen molar-refractivity contribution in [1.29, 1.82) is 0 Å². The van der Waals surface area contributed by atoms with Gasteiger partial charge in [-0.3, -0.25) is 9.59 Å². The summed E-state index contributed by atoms with van der Waals surface area (Å²) < 4.78 is 16.7. The Kier molecular flexibility index (Phi) is 9.51. The van der Waals surface area contributed by atoms with Gasteiger partial charge in [0.1, 0.15) is 24.7 Å². The Labute approximate surface area is 212 Å². The summed E-state index contributed by atoms with van der Waals surface area (Å²) in [6, 6.07) is 21.8. The fourth-order valence-corrected chi connectivity index (χ4v) is 3.27. The molecule has 36 heavy (non-hydrogen) atoms. The molecule has 0 bridgehead atoms. The predicted molar refractivity (Wildman–Crippen MR) is 140 cm³/mol. The molecule has 0 saturated carbocycles. The maximum Gasteiger partial charge on any atom is 0.268 e. The van der Waals surface area contributed by atoms with Crippen LogP contribution in [0.1, 0.15) is 35.3 Å². The molecule has 0 aliphatic carbocycles. The molecule has 2 amide bonds. The van der Waals surface area contributed by atoms with Gasteiger partial charge in [0.25, 0.3) is 11.8 Å². The van der Waals surface area contributed by atoms with Crippen LogP contribution in [0.4, 0.5) is 0 Å². The van der Waals surface area contributed by atoms with Crippen LogP contribution in [0.2, 0.25) is 0 Å². The van der Waals surface area contributed by atoms with Gasteiger partial charge < -0.3 is 24.8 Å². The highest BCUT2D eigenvalue weighted by Crippen LogP contribution is 2.25. The lowest BCUT2D eigenvalue weighted by Gasteiger charge is -2.13. The molecule has 0 atom stereocenters. The number of rotatable bonds is 11. The molecule has 3 aromatic carbocycles. The third-order valence-corrected chi connectivity index (χ3v) is 5.10. The maximum atomic E-state index is 12.7. The van der Waals surface area contributed by atoms with Gasteiger partial charge in [-0.05, 0) is 68.8 Å². The van der Waals surface area contributed by atoms with Gasteiger partial charge in [-0.1, -0.05) is 42.0 Å². The molecule has 0 saturated heterocycles. The van der Waals surface area contributed by atoms with Crippen LogP contribution in [-0.2, 0) is 4.79 Å². The van der Waals surface area contributed by atoms with Crippen molar-refractivity contribution in [2.24, 2.45) is 0 Å². The topological polar surface area (TPSA) is 85.9 Å². The molecule has 3 rings (SSSR count). The zero-order valence-electron chi connectivity index (χ0n) is 21.0. The second kappa shape index (κ2) is 13.0. The number of amides is 2. The normalized spacial score (nSPS) is 11.1. The molecule has 0 spiro atoms. The fraction of sp³-hybridized carbons (Fsp3) is 0.241. The monoisotopic (exact) mass is 488 g/mol. The molecule has 0 radical (unpaired) electrons. The number of hydrogen-bond donors (Lipinski definition) is 2. The third kappa shape index (κ3) is 7.91. The number of aryl methyl sites for hydroxylation is 1. The summed E-state index contributed by atoms with van der Waals surface area (Å²) in [6.07, 6.45) is 1.64. The number of ether oxygens (including phenoxy) is 3. The van der Waals surface area contributed by atoms with Crippen molar-refractivity contribution in [3.63, 3.8) is 0 Å².